The van der Waals surface area contributed by atoms with Gasteiger partial charge in [0.15, 0.2) is 18.1 Å². The third kappa shape index (κ3) is 2.70. The van der Waals surface area contributed by atoms with E-state index in [1.165, 1.54) is 4.80 Å². The first-order valence-corrected chi connectivity index (χ1v) is 5.85. The zero-order chi connectivity index (χ0) is 13.0. The number of nitrogens with zero attached hydrogens (tertiary/aromatic N) is 4. The van der Waals surface area contributed by atoms with E-state index in [0.29, 0.717) is 23.2 Å². The van der Waals surface area contributed by atoms with Gasteiger partial charge >= 0.3 is 0 Å². The average Bonchev–Trinajstić information content (AvgIpc) is 2.81. The van der Waals surface area contributed by atoms with Crippen LogP contribution in [0.1, 0.15) is 11.4 Å². The molecule has 0 spiro atoms. The van der Waals surface area contributed by atoms with E-state index < -0.39 is 0 Å². The second-order valence-electron chi connectivity index (χ2n) is 3.57. The molecule has 7 heteroatoms. The number of methoxy groups -OCH3 is 1. The Morgan fingerprint density at radius 2 is 2.22 bits per heavy atom. The van der Waals surface area contributed by atoms with Gasteiger partial charge in [0, 0.05) is 5.56 Å². The van der Waals surface area contributed by atoms with E-state index in [9.17, 15) is 0 Å². The summed E-state index contributed by atoms with van der Waals surface area (Å²) in [5, 5.41) is 11.6. The summed E-state index contributed by atoms with van der Waals surface area (Å²) in [5.74, 6) is 2.10. The van der Waals surface area contributed by atoms with Crippen LogP contribution >= 0.6 is 11.6 Å². The Kier molecular flexibility index (Phi) is 3.99. The Morgan fingerprint density at radius 3 is 2.83 bits per heavy atom. The topological polar surface area (TPSA) is 62.1 Å². The first-order chi connectivity index (χ1) is 8.74. The molecule has 0 bridgehead atoms. The van der Waals surface area contributed by atoms with Crippen molar-refractivity contribution < 1.29 is 9.47 Å². The second kappa shape index (κ2) is 5.68. The van der Waals surface area contributed by atoms with Gasteiger partial charge in [-0.1, -0.05) is 12.1 Å². The lowest BCUT2D eigenvalue weighted by Crippen LogP contribution is -2.02. The van der Waals surface area contributed by atoms with Crippen LogP contribution in [0.3, 0.4) is 0 Å². The van der Waals surface area contributed by atoms with Crippen LogP contribution in [0.5, 0.6) is 11.5 Å². The van der Waals surface area contributed by atoms with Crippen molar-refractivity contribution in [2.24, 2.45) is 7.05 Å². The summed E-state index contributed by atoms with van der Waals surface area (Å²) >= 11 is 5.86. The summed E-state index contributed by atoms with van der Waals surface area (Å²) in [4.78, 5) is 1.38. The number of alkyl halides is 1. The lowest BCUT2D eigenvalue weighted by atomic mass is 10.2. The van der Waals surface area contributed by atoms with Crippen LogP contribution in [0, 0.1) is 0 Å². The van der Waals surface area contributed by atoms with Gasteiger partial charge in [-0.15, -0.1) is 21.8 Å². The summed E-state index contributed by atoms with van der Waals surface area (Å²) < 4.78 is 10.9. The van der Waals surface area contributed by atoms with Crippen molar-refractivity contribution in [2.45, 2.75) is 12.5 Å². The Morgan fingerprint density at radius 1 is 1.39 bits per heavy atom. The van der Waals surface area contributed by atoms with Crippen molar-refractivity contribution in [1.29, 1.82) is 0 Å². The number of halogens is 1. The van der Waals surface area contributed by atoms with Gasteiger partial charge in [-0.2, -0.15) is 4.80 Å². The second-order valence-corrected chi connectivity index (χ2v) is 3.83. The highest BCUT2D eigenvalue weighted by Gasteiger charge is 2.11. The van der Waals surface area contributed by atoms with Gasteiger partial charge in [-0.25, -0.2) is 0 Å². The zero-order valence-corrected chi connectivity index (χ0v) is 10.9. The standard InChI is InChI=1S/C11H13ClN4O2/c1-16-14-10(13-15-16)7-18-11-8(6-12)4-3-5-9(11)17-2/h3-5H,6-7H2,1-2H3. The number of hydrogen-bond donors (Lipinski definition) is 0. The molecule has 0 saturated carbocycles. The van der Waals surface area contributed by atoms with E-state index in [1.807, 2.05) is 18.2 Å². The molecule has 0 aliphatic heterocycles. The van der Waals surface area contributed by atoms with Crippen molar-refractivity contribution in [2.75, 3.05) is 7.11 Å². The minimum absolute atomic E-state index is 0.220. The Bertz CT molecular complexity index is 507. The maximum Gasteiger partial charge on any atom is 0.212 e. The number of para-hydroxylation sites is 1. The van der Waals surface area contributed by atoms with E-state index in [0.717, 1.165) is 5.56 Å². The predicted molar refractivity (Wildman–Crippen MR) is 65.7 cm³/mol. The first kappa shape index (κ1) is 12.6. The average molecular weight is 269 g/mol. The van der Waals surface area contributed by atoms with Crippen LogP contribution in [-0.2, 0) is 19.5 Å². The summed E-state index contributed by atoms with van der Waals surface area (Å²) in [5.41, 5.74) is 0.861. The maximum atomic E-state index is 5.86. The molecule has 1 aromatic carbocycles. The van der Waals surface area contributed by atoms with Gasteiger partial charge in [-0.3, -0.25) is 0 Å². The SMILES string of the molecule is COc1cccc(CCl)c1OCc1nnn(C)n1. The minimum Gasteiger partial charge on any atom is -0.493 e. The lowest BCUT2D eigenvalue weighted by molar-refractivity contribution is 0.274. The lowest BCUT2D eigenvalue weighted by Gasteiger charge is -2.12. The van der Waals surface area contributed by atoms with Crippen LogP contribution in [-0.4, -0.2) is 27.3 Å². The molecule has 18 heavy (non-hydrogen) atoms. The van der Waals surface area contributed by atoms with E-state index in [4.69, 9.17) is 21.1 Å². The van der Waals surface area contributed by atoms with Crippen LogP contribution in [0.15, 0.2) is 18.2 Å². The van der Waals surface area contributed by atoms with Crippen molar-refractivity contribution in [3.8, 4) is 11.5 Å². The fourth-order valence-electron chi connectivity index (χ4n) is 1.51. The molecule has 0 unspecified atom stereocenters. The number of ether oxygens (including phenoxy) is 2. The third-order valence-corrected chi connectivity index (χ3v) is 2.61. The quantitative estimate of drug-likeness (QED) is 0.770. The number of hydrogen-bond acceptors (Lipinski definition) is 5. The largest absolute Gasteiger partial charge is 0.493 e. The van der Waals surface area contributed by atoms with E-state index in [2.05, 4.69) is 15.4 Å². The van der Waals surface area contributed by atoms with Crippen molar-refractivity contribution >= 4 is 11.6 Å². The van der Waals surface area contributed by atoms with Gasteiger partial charge < -0.3 is 9.47 Å². The number of aryl methyl sites for hydroxylation is 1. The molecule has 1 heterocycles. The van der Waals surface area contributed by atoms with E-state index >= 15 is 0 Å². The number of rotatable bonds is 5. The predicted octanol–water partition coefficient (Wildman–Crippen LogP) is 1.54. The van der Waals surface area contributed by atoms with E-state index in [1.54, 1.807) is 14.2 Å². The van der Waals surface area contributed by atoms with Crippen LogP contribution in [0.2, 0.25) is 0 Å². The van der Waals surface area contributed by atoms with Crippen LogP contribution in [0.25, 0.3) is 0 Å². The molecule has 1 aromatic heterocycles. The van der Waals surface area contributed by atoms with Gasteiger partial charge in [-0.05, 0) is 11.3 Å². The molecule has 2 rings (SSSR count). The van der Waals surface area contributed by atoms with Gasteiger partial charge in [0.25, 0.3) is 0 Å². The van der Waals surface area contributed by atoms with Crippen LogP contribution in [0.4, 0.5) is 0 Å². The van der Waals surface area contributed by atoms with Gasteiger partial charge in [0.05, 0.1) is 20.0 Å². The molecule has 0 amide bonds. The molecule has 0 N–H and O–H groups in total. The number of aromatic nitrogens is 4. The number of benzene rings is 1. The fraction of sp³-hybridized carbons (Fsp3) is 0.364. The molecule has 2 aromatic rings. The normalized spacial score (nSPS) is 10.4. The molecule has 96 valence electrons. The summed E-state index contributed by atoms with van der Waals surface area (Å²) in [7, 11) is 3.28. The summed E-state index contributed by atoms with van der Waals surface area (Å²) in [6.07, 6.45) is 0. The van der Waals surface area contributed by atoms with Crippen molar-refractivity contribution in [3.63, 3.8) is 0 Å². The molecular formula is C11H13ClN4O2. The van der Waals surface area contributed by atoms with E-state index in [-0.39, 0.29) is 6.61 Å². The summed E-state index contributed by atoms with van der Waals surface area (Å²) in [6.45, 7) is 0.220. The zero-order valence-electron chi connectivity index (χ0n) is 10.1. The monoisotopic (exact) mass is 268 g/mol. The smallest absolute Gasteiger partial charge is 0.212 e. The van der Waals surface area contributed by atoms with Gasteiger partial charge in [0.1, 0.15) is 0 Å². The molecule has 0 aliphatic carbocycles. The minimum atomic E-state index is 0.220. The molecule has 6 nitrogen and oxygen atoms in total. The fourth-order valence-corrected chi connectivity index (χ4v) is 1.72. The highest BCUT2D eigenvalue weighted by molar-refractivity contribution is 6.17. The summed E-state index contributed by atoms with van der Waals surface area (Å²) in [6, 6.07) is 5.56. The number of tetrazole rings is 1. The third-order valence-electron chi connectivity index (χ3n) is 2.32. The van der Waals surface area contributed by atoms with Crippen molar-refractivity contribution in [3.05, 3.63) is 29.6 Å². The molecule has 0 saturated heterocycles. The molecule has 0 radical (unpaired) electrons. The first-order valence-electron chi connectivity index (χ1n) is 5.32. The molecule has 0 aliphatic rings. The van der Waals surface area contributed by atoms with Gasteiger partial charge in [0.2, 0.25) is 5.82 Å². The molecular weight excluding hydrogens is 256 g/mol. The van der Waals surface area contributed by atoms with Crippen molar-refractivity contribution in [1.82, 2.24) is 20.2 Å². The highest BCUT2D eigenvalue weighted by Crippen LogP contribution is 2.32. The Labute approximate surface area is 109 Å². The molecule has 0 fully saturated rings. The highest BCUT2D eigenvalue weighted by atomic mass is 35.5. The Hall–Kier alpha value is -1.82. The van der Waals surface area contributed by atoms with Crippen LogP contribution < -0.4 is 9.47 Å². The maximum absolute atomic E-state index is 5.86. The Balaban J connectivity index is 2.17. The molecule has 0 atom stereocenters.